The maximum absolute atomic E-state index is 11.7. The van der Waals surface area contributed by atoms with Crippen molar-refractivity contribution in [2.24, 2.45) is 0 Å². The third-order valence-corrected chi connectivity index (χ3v) is 2.47. The molecule has 0 amide bonds. The van der Waals surface area contributed by atoms with Crippen LogP contribution in [0.2, 0.25) is 10.3 Å². The van der Waals surface area contributed by atoms with Gasteiger partial charge in [0.15, 0.2) is 0 Å². The van der Waals surface area contributed by atoms with Crippen LogP contribution in [0.25, 0.3) is 10.9 Å². The fourth-order valence-electron chi connectivity index (χ4n) is 1.30. The molecule has 0 bridgehead atoms. The third-order valence-electron chi connectivity index (χ3n) is 1.98. The smallest absolute Gasteiger partial charge is 0.421 e. The number of carbonyl (C=O) groups is 1. The van der Waals surface area contributed by atoms with Crippen molar-refractivity contribution in [3.63, 3.8) is 0 Å². The Balaban J connectivity index is 2.96. The summed E-state index contributed by atoms with van der Waals surface area (Å²) in [6.45, 7) is 0. The van der Waals surface area contributed by atoms with Gasteiger partial charge in [0.05, 0.1) is 10.9 Å². The molecule has 7 heteroatoms. The van der Waals surface area contributed by atoms with Crippen molar-refractivity contribution in [3.05, 3.63) is 38.9 Å². The van der Waals surface area contributed by atoms with Gasteiger partial charge < -0.3 is 5.11 Å². The van der Waals surface area contributed by atoms with Crippen molar-refractivity contribution < 1.29 is 9.90 Å². The standard InChI is InChI=1S/C9H4Cl2N2O3/c10-4-1-2-6-5(3-4)7(14)13(9(15)16)8(11)12-6/h1-3H,(H,15,16). The zero-order chi connectivity index (χ0) is 11.9. The van der Waals surface area contributed by atoms with Gasteiger partial charge in [0.2, 0.25) is 5.28 Å². The SMILES string of the molecule is O=C(O)n1c(Cl)nc2ccc(Cl)cc2c1=O. The summed E-state index contributed by atoms with van der Waals surface area (Å²) in [6, 6.07) is 4.39. The second-order valence-corrected chi connectivity index (χ2v) is 3.74. The van der Waals surface area contributed by atoms with Gasteiger partial charge >= 0.3 is 6.09 Å². The largest absolute Gasteiger partial charge is 0.464 e. The lowest BCUT2D eigenvalue weighted by molar-refractivity contribution is 0.195. The number of benzene rings is 1. The van der Waals surface area contributed by atoms with Crippen LogP contribution in [0.15, 0.2) is 23.0 Å². The molecule has 5 nitrogen and oxygen atoms in total. The van der Waals surface area contributed by atoms with Gasteiger partial charge in [0.25, 0.3) is 5.56 Å². The zero-order valence-corrected chi connectivity index (χ0v) is 9.16. The molecule has 1 N–H and O–H groups in total. The molecule has 0 atom stereocenters. The minimum absolute atomic E-state index is 0.110. The van der Waals surface area contributed by atoms with Crippen LogP contribution in [0.3, 0.4) is 0 Å². The number of aromatic nitrogens is 2. The average molecular weight is 259 g/mol. The van der Waals surface area contributed by atoms with Gasteiger partial charge in [-0.1, -0.05) is 11.6 Å². The van der Waals surface area contributed by atoms with Gasteiger partial charge in [0, 0.05) is 5.02 Å². The summed E-state index contributed by atoms with van der Waals surface area (Å²) in [5.41, 5.74) is -0.457. The Morgan fingerprint density at radius 3 is 2.69 bits per heavy atom. The van der Waals surface area contributed by atoms with Crippen molar-refractivity contribution >= 4 is 40.2 Å². The van der Waals surface area contributed by atoms with Crippen LogP contribution in [-0.2, 0) is 0 Å². The van der Waals surface area contributed by atoms with Crippen molar-refractivity contribution in [2.45, 2.75) is 0 Å². The number of hydrogen-bond donors (Lipinski definition) is 1. The predicted molar refractivity (Wildman–Crippen MR) is 59.4 cm³/mol. The molecule has 16 heavy (non-hydrogen) atoms. The molecule has 2 aromatic rings. The predicted octanol–water partition coefficient (Wildman–Crippen LogP) is 2.23. The summed E-state index contributed by atoms with van der Waals surface area (Å²) >= 11 is 11.3. The third kappa shape index (κ3) is 1.64. The lowest BCUT2D eigenvalue weighted by atomic mass is 10.2. The van der Waals surface area contributed by atoms with Crippen LogP contribution in [0.4, 0.5) is 4.79 Å². The van der Waals surface area contributed by atoms with E-state index in [1.807, 2.05) is 0 Å². The fourth-order valence-corrected chi connectivity index (χ4v) is 1.71. The lowest BCUT2D eigenvalue weighted by Crippen LogP contribution is -2.27. The molecule has 1 heterocycles. The first-order valence-corrected chi connectivity index (χ1v) is 4.87. The van der Waals surface area contributed by atoms with Crippen molar-refractivity contribution in [1.82, 2.24) is 9.55 Å². The Bertz CT molecular complexity index is 651. The van der Waals surface area contributed by atoms with Crippen LogP contribution in [0.1, 0.15) is 0 Å². The number of carboxylic acid groups (broad SMARTS) is 1. The van der Waals surface area contributed by atoms with Gasteiger partial charge in [-0.2, -0.15) is 4.57 Å². The van der Waals surface area contributed by atoms with Crippen molar-refractivity contribution in [1.29, 1.82) is 0 Å². The van der Waals surface area contributed by atoms with E-state index in [4.69, 9.17) is 28.3 Å². The van der Waals surface area contributed by atoms with E-state index in [0.29, 0.717) is 15.1 Å². The summed E-state index contributed by atoms with van der Waals surface area (Å²) in [5, 5.41) is 8.82. The second kappa shape index (κ2) is 3.77. The van der Waals surface area contributed by atoms with Crippen molar-refractivity contribution in [2.75, 3.05) is 0 Å². The minimum Gasteiger partial charge on any atom is -0.464 e. The topological polar surface area (TPSA) is 72.2 Å². The van der Waals surface area contributed by atoms with E-state index < -0.39 is 16.9 Å². The van der Waals surface area contributed by atoms with Gasteiger partial charge in [0.1, 0.15) is 0 Å². The highest BCUT2D eigenvalue weighted by atomic mass is 35.5. The number of nitrogens with zero attached hydrogens (tertiary/aromatic N) is 2. The van der Waals surface area contributed by atoms with Gasteiger partial charge in [-0.05, 0) is 29.8 Å². The van der Waals surface area contributed by atoms with Crippen LogP contribution >= 0.6 is 23.2 Å². The average Bonchev–Trinajstić information content (AvgIpc) is 2.19. The van der Waals surface area contributed by atoms with E-state index in [9.17, 15) is 9.59 Å². The van der Waals surface area contributed by atoms with Crippen LogP contribution in [0.5, 0.6) is 0 Å². The number of halogens is 2. The molecular formula is C9H4Cl2N2O3. The van der Waals surface area contributed by atoms with Gasteiger partial charge in [-0.25, -0.2) is 9.78 Å². The number of fused-ring (bicyclic) bond motifs is 1. The Labute approximate surface area is 98.9 Å². The number of rotatable bonds is 0. The normalized spacial score (nSPS) is 10.6. The zero-order valence-electron chi connectivity index (χ0n) is 7.65. The quantitative estimate of drug-likeness (QED) is 0.736. The Hall–Kier alpha value is -1.59. The molecule has 0 saturated heterocycles. The van der Waals surface area contributed by atoms with E-state index in [1.165, 1.54) is 18.2 Å². The molecule has 1 aromatic carbocycles. The lowest BCUT2D eigenvalue weighted by Gasteiger charge is -2.03. The monoisotopic (exact) mass is 258 g/mol. The molecule has 0 spiro atoms. The highest BCUT2D eigenvalue weighted by Crippen LogP contribution is 2.16. The van der Waals surface area contributed by atoms with Crippen LogP contribution in [-0.4, -0.2) is 20.8 Å². The maximum atomic E-state index is 11.7. The Morgan fingerprint density at radius 1 is 1.38 bits per heavy atom. The van der Waals surface area contributed by atoms with Gasteiger partial charge in [-0.3, -0.25) is 4.79 Å². The first-order valence-electron chi connectivity index (χ1n) is 4.12. The molecule has 1 aromatic heterocycles. The summed E-state index contributed by atoms with van der Waals surface area (Å²) in [5.74, 6) is 0. The maximum Gasteiger partial charge on any atom is 0.421 e. The fraction of sp³-hybridized carbons (Fsp3) is 0. The highest BCUT2D eigenvalue weighted by molar-refractivity contribution is 6.31. The molecule has 0 aliphatic heterocycles. The van der Waals surface area contributed by atoms with E-state index in [1.54, 1.807) is 0 Å². The molecular weight excluding hydrogens is 255 g/mol. The first kappa shape index (κ1) is 10.9. The van der Waals surface area contributed by atoms with E-state index >= 15 is 0 Å². The Morgan fingerprint density at radius 2 is 2.06 bits per heavy atom. The van der Waals surface area contributed by atoms with E-state index in [0.717, 1.165) is 0 Å². The Kier molecular flexibility index (Phi) is 2.57. The van der Waals surface area contributed by atoms with Crippen LogP contribution in [0, 0.1) is 0 Å². The molecule has 0 aliphatic rings. The first-order chi connectivity index (χ1) is 7.50. The van der Waals surface area contributed by atoms with Crippen LogP contribution < -0.4 is 5.56 Å². The van der Waals surface area contributed by atoms with E-state index in [-0.39, 0.29) is 5.39 Å². The molecule has 0 fully saturated rings. The second-order valence-electron chi connectivity index (χ2n) is 2.97. The van der Waals surface area contributed by atoms with E-state index in [2.05, 4.69) is 4.98 Å². The van der Waals surface area contributed by atoms with Crippen molar-refractivity contribution in [3.8, 4) is 0 Å². The minimum atomic E-state index is -1.48. The summed E-state index contributed by atoms with van der Waals surface area (Å²) in [7, 11) is 0. The summed E-state index contributed by atoms with van der Waals surface area (Å²) < 4.78 is 0.361. The van der Waals surface area contributed by atoms with Gasteiger partial charge in [-0.15, -0.1) is 0 Å². The molecule has 0 radical (unpaired) electrons. The molecule has 0 aliphatic carbocycles. The molecule has 82 valence electrons. The summed E-state index contributed by atoms with van der Waals surface area (Å²) in [6.07, 6.45) is -1.48. The summed E-state index contributed by atoms with van der Waals surface area (Å²) in [4.78, 5) is 26.3. The molecule has 0 saturated carbocycles. The number of hydrogen-bond acceptors (Lipinski definition) is 3. The molecule has 0 unspecified atom stereocenters. The highest BCUT2D eigenvalue weighted by Gasteiger charge is 2.14. The molecule has 2 rings (SSSR count).